The van der Waals surface area contributed by atoms with Gasteiger partial charge >= 0.3 is 0 Å². The molecule has 0 aromatic heterocycles. The van der Waals surface area contributed by atoms with Crippen molar-refractivity contribution in [1.82, 2.24) is 10.0 Å². The summed E-state index contributed by atoms with van der Waals surface area (Å²) in [5, 5.41) is 2.63. The fourth-order valence-electron chi connectivity index (χ4n) is 2.04. The molecule has 0 saturated heterocycles. The molecule has 0 spiro atoms. The Labute approximate surface area is 161 Å². The summed E-state index contributed by atoms with van der Waals surface area (Å²) >= 11 is 3.40. The molecule has 1 amide bonds. The van der Waals surface area contributed by atoms with Crippen LogP contribution in [-0.4, -0.2) is 34.5 Å². The van der Waals surface area contributed by atoms with Crippen molar-refractivity contribution in [2.24, 2.45) is 0 Å². The van der Waals surface area contributed by atoms with Gasteiger partial charge in [-0.05, 0) is 42.0 Å². The number of ether oxygens (including phenoxy) is 1. The number of halogens is 1. The molecule has 2 aromatic carbocycles. The molecule has 8 heteroatoms. The van der Waals surface area contributed by atoms with Crippen molar-refractivity contribution in [2.45, 2.75) is 4.90 Å². The van der Waals surface area contributed by atoms with Crippen LogP contribution >= 0.6 is 15.9 Å². The molecule has 0 bridgehead atoms. The standard InChI is InChI=1S/C18H19BrN2O4S/c1-25-15-7-9-16(10-8-15)26(23,24)21-13-12-20-18(22)11-6-14-4-2-3-5-17(14)19/h2-11,21H,12-13H2,1H3,(H,20,22)/b11-6+. The number of amides is 1. The van der Waals surface area contributed by atoms with E-state index in [4.69, 9.17) is 4.74 Å². The van der Waals surface area contributed by atoms with E-state index in [9.17, 15) is 13.2 Å². The molecule has 0 saturated carbocycles. The van der Waals surface area contributed by atoms with Crippen LogP contribution in [0.15, 0.2) is 64.0 Å². The van der Waals surface area contributed by atoms with Gasteiger partial charge in [0.15, 0.2) is 0 Å². The van der Waals surface area contributed by atoms with Gasteiger partial charge in [0.25, 0.3) is 0 Å². The number of hydrogen-bond donors (Lipinski definition) is 2. The molecule has 6 nitrogen and oxygen atoms in total. The van der Waals surface area contributed by atoms with E-state index in [-0.39, 0.29) is 23.9 Å². The number of benzene rings is 2. The van der Waals surface area contributed by atoms with Crippen molar-refractivity contribution in [2.75, 3.05) is 20.2 Å². The Morgan fingerprint density at radius 2 is 1.81 bits per heavy atom. The summed E-state index contributed by atoms with van der Waals surface area (Å²) in [4.78, 5) is 11.9. The summed E-state index contributed by atoms with van der Waals surface area (Å²) < 4.78 is 32.6. The Morgan fingerprint density at radius 3 is 2.46 bits per heavy atom. The molecule has 0 aliphatic carbocycles. The van der Waals surface area contributed by atoms with Crippen LogP contribution in [0.2, 0.25) is 0 Å². The average Bonchev–Trinajstić information content (AvgIpc) is 2.64. The zero-order valence-corrected chi connectivity index (χ0v) is 16.5. The highest BCUT2D eigenvalue weighted by atomic mass is 79.9. The smallest absolute Gasteiger partial charge is 0.244 e. The van der Waals surface area contributed by atoms with Crippen LogP contribution in [0.4, 0.5) is 0 Å². The summed E-state index contributed by atoms with van der Waals surface area (Å²) in [5.41, 5.74) is 0.878. The lowest BCUT2D eigenvalue weighted by molar-refractivity contribution is -0.116. The Hall–Kier alpha value is -2.16. The molecule has 2 rings (SSSR count). The van der Waals surface area contributed by atoms with Crippen molar-refractivity contribution in [3.8, 4) is 5.75 Å². The summed E-state index contributed by atoms with van der Waals surface area (Å²) in [6.07, 6.45) is 3.08. The molecule has 0 aliphatic rings. The van der Waals surface area contributed by atoms with Gasteiger partial charge in [0.2, 0.25) is 15.9 Å². The molecule has 26 heavy (non-hydrogen) atoms. The quantitative estimate of drug-likeness (QED) is 0.489. The van der Waals surface area contributed by atoms with Gasteiger partial charge in [0, 0.05) is 23.6 Å². The molecule has 0 atom stereocenters. The van der Waals surface area contributed by atoms with E-state index in [1.807, 2.05) is 24.3 Å². The first-order valence-electron chi connectivity index (χ1n) is 7.76. The average molecular weight is 439 g/mol. The normalized spacial score (nSPS) is 11.5. The Kier molecular flexibility index (Phi) is 7.38. The predicted octanol–water partition coefficient (Wildman–Crippen LogP) is 2.57. The summed E-state index contributed by atoms with van der Waals surface area (Å²) in [6, 6.07) is 13.6. The van der Waals surface area contributed by atoms with Crippen LogP contribution in [0.3, 0.4) is 0 Å². The summed E-state index contributed by atoms with van der Waals surface area (Å²) in [5.74, 6) is 0.275. The minimum absolute atomic E-state index is 0.0863. The topological polar surface area (TPSA) is 84.5 Å². The molecule has 0 radical (unpaired) electrons. The molecule has 0 unspecified atom stereocenters. The highest BCUT2D eigenvalue weighted by molar-refractivity contribution is 9.10. The van der Waals surface area contributed by atoms with Gasteiger partial charge in [-0.2, -0.15) is 0 Å². The number of nitrogens with one attached hydrogen (secondary N) is 2. The molecule has 0 heterocycles. The van der Waals surface area contributed by atoms with Gasteiger partial charge in [0.1, 0.15) is 5.75 Å². The van der Waals surface area contributed by atoms with Crippen LogP contribution < -0.4 is 14.8 Å². The van der Waals surface area contributed by atoms with E-state index in [0.717, 1.165) is 10.0 Å². The van der Waals surface area contributed by atoms with E-state index in [1.54, 1.807) is 18.2 Å². The molecule has 138 valence electrons. The summed E-state index contributed by atoms with van der Waals surface area (Å²) in [6.45, 7) is 0.261. The van der Waals surface area contributed by atoms with Crippen molar-refractivity contribution < 1.29 is 17.9 Å². The van der Waals surface area contributed by atoms with E-state index < -0.39 is 10.0 Å². The van der Waals surface area contributed by atoms with Gasteiger partial charge in [-0.25, -0.2) is 13.1 Å². The summed E-state index contributed by atoms with van der Waals surface area (Å²) in [7, 11) is -2.12. The Morgan fingerprint density at radius 1 is 1.12 bits per heavy atom. The molecule has 0 aliphatic heterocycles. The lowest BCUT2D eigenvalue weighted by Crippen LogP contribution is -2.34. The SMILES string of the molecule is COc1ccc(S(=O)(=O)NCCNC(=O)/C=C/c2ccccc2Br)cc1. The van der Waals surface area contributed by atoms with Crippen LogP contribution in [-0.2, 0) is 14.8 Å². The van der Waals surface area contributed by atoms with Crippen molar-refractivity contribution in [1.29, 1.82) is 0 Å². The van der Waals surface area contributed by atoms with Gasteiger partial charge in [-0.1, -0.05) is 34.1 Å². The minimum Gasteiger partial charge on any atom is -0.497 e. The van der Waals surface area contributed by atoms with Crippen molar-refractivity contribution in [3.05, 3.63) is 64.6 Å². The van der Waals surface area contributed by atoms with Crippen molar-refractivity contribution in [3.63, 3.8) is 0 Å². The van der Waals surface area contributed by atoms with E-state index >= 15 is 0 Å². The maximum Gasteiger partial charge on any atom is 0.244 e. The molecular weight excluding hydrogens is 420 g/mol. The first-order valence-corrected chi connectivity index (χ1v) is 10.0. The maximum atomic E-state index is 12.1. The van der Waals surface area contributed by atoms with E-state index in [0.29, 0.717) is 5.75 Å². The Balaban J connectivity index is 1.80. The van der Waals surface area contributed by atoms with Gasteiger partial charge in [0.05, 0.1) is 12.0 Å². The lowest BCUT2D eigenvalue weighted by Gasteiger charge is -2.08. The first kappa shape index (κ1) is 20.2. The van der Waals surface area contributed by atoms with Crippen molar-refractivity contribution >= 4 is 37.9 Å². The Bertz CT molecular complexity index is 880. The molecule has 2 aromatic rings. The molecular formula is C18H19BrN2O4S. The highest BCUT2D eigenvalue weighted by Crippen LogP contribution is 2.17. The molecule has 0 fully saturated rings. The largest absolute Gasteiger partial charge is 0.497 e. The van der Waals surface area contributed by atoms with Crippen LogP contribution in [0.1, 0.15) is 5.56 Å². The van der Waals surface area contributed by atoms with Crippen LogP contribution in [0, 0.1) is 0 Å². The third-order valence-electron chi connectivity index (χ3n) is 3.41. The monoisotopic (exact) mass is 438 g/mol. The number of methoxy groups -OCH3 is 1. The van der Waals surface area contributed by atoms with E-state index in [1.165, 1.54) is 25.3 Å². The second-order valence-electron chi connectivity index (χ2n) is 5.22. The lowest BCUT2D eigenvalue weighted by atomic mass is 10.2. The number of carbonyl (C=O) groups excluding carboxylic acids is 1. The number of rotatable bonds is 8. The second-order valence-corrected chi connectivity index (χ2v) is 7.84. The minimum atomic E-state index is -3.63. The third-order valence-corrected chi connectivity index (χ3v) is 5.60. The first-order chi connectivity index (χ1) is 12.4. The fraction of sp³-hybridized carbons (Fsp3) is 0.167. The van der Waals surface area contributed by atoms with Crippen LogP contribution in [0.5, 0.6) is 5.75 Å². The number of carbonyl (C=O) groups is 1. The zero-order valence-electron chi connectivity index (χ0n) is 14.1. The fourth-order valence-corrected chi connectivity index (χ4v) is 3.49. The molecule has 2 N–H and O–H groups in total. The maximum absolute atomic E-state index is 12.1. The highest BCUT2D eigenvalue weighted by Gasteiger charge is 2.13. The van der Waals surface area contributed by atoms with Gasteiger partial charge in [-0.15, -0.1) is 0 Å². The number of hydrogen-bond acceptors (Lipinski definition) is 4. The predicted molar refractivity (Wildman–Crippen MR) is 104 cm³/mol. The van der Waals surface area contributed by atoms with Gasteiger partial charge in [-0.3, -0.25) is 4.79 Å². The number of sulfonamides is 1. The zero-order chi connectivity index (χ0) is 19.0. The van der Waals surface area contributed by atoms with Crippen LogP contribution in [0.25, 0.3) is 6.08 Å². The second kappa shape index (κ2) is 9.51. The van der Waals surface area contributed by atoms with E-state index in [2.05, 4.69) is 26.0 Å². The van der Waals surface area contributed by atoms with Gasteiger partial charge < -0.3 is 10.1 Å². The third kappa shape index (κ3) is 5.98.